The third-order valence-corrected chi connectivity index (χ3v) is 1.53. The quantitative estimate of drug-likeness (QED) is 0.725. The molecule has 0 amide bonds. The lowest BCUT2D eigenvalue weighted by molar-refractivity contribution is -0.0293. The van der Waals surface area contributed by atoms with Gasteiger partial charge in [0.1, 0.15) is 0 Å². The molecule has 0 aromatic carbocycles. The van der Waals surface area contributed by atoms with Crippen molar-refractivity contribution >= 4 is 0 Å². The molecule has 0 bridgehead atoms. The van der Waals surface area contributed by atoms with Crippen molar-refractivity contribution in [3.63, 3.8) is 0 Å². The van der Waals surface area contributed by atoms with Gasteiger partial charge in [0.15, 0.2) is 0 Å². The summed E-state index contributed by atoms with van der Waals surface area (Å²) in [5.41, 5.74) is 0.427. The molecule has 1 rings (SSSR count). The molecule has 1 aromatic rings. The smallest absolute Gasteiger partial charge is 0.248 e. The maximum atomic E-state index is 12.4. The van der Waals surface area contributed by atoms with Crippen LogP contribution < -0.4 is 0 Å². The van der Waals surface area contributed by atoms with Crippen LogP contribution in [0.5, 0.6) is 0 Å². The summed E-state index contributed by atoms with van der Waals surface area (Å²) in [6.07, 6.45) is -0.0696. The van der Waals surface area contributed by atoms with Gasteiger partial charge >= 0.3 is 0 Å². The Morgan fingerprint density at radius 3 is 2.75 bits per heavy atom. The Kier molecular flexibility index (Phi) is 2.47. The van der Waals surface area contributed by atoms with Gasteiger partial charge in [-0.25, -0.2) is 8.78 Å². The summed E-state index contributed by atoms with van der Waals surface area (Å²) in [7, 11) is 0. The van der Waals surface area contributed by atoms with Crippen molar-refractivity contribution in [3.05, 3.63) is 24.0 Å². The average molecular weight is 175 g/mol. The van der Waals surface area contributed by atoms with Crippen molar-refractivity contribution in [2.75, 3.05) is 0 Å². The fourth-order valence-electron chi connectivity index (χ4n) is 1.00. The van der Waals surface area contributed by atoms with Gasteiger partial charge in [-0.2, -0.15) is 0 Å². The molecule has 0 aliphatic rings. The normalized spacial score (nSPS) is 14.7. The summed E-state index contributed by atoms with van der Waals surface area (Å²) < 4.78 is 24.8. The molecular weight excluding hydrogens is 164 g/mol. The minimum absolute atomic E-state index is 0.427. The zero-order chi connectivity index (χ0) is 9.19. The molecule has 1 heterocycles. The van der Waals surface area contributed by atoms with Crippen LogP contribution in [0, 0.1) is 0 Å². The minimum Gasteiger partial charge on any atom is -0.387 e. The van der Waals surface area contributed by atoms with E-state index in [0.717, 1.165) is 6.92 Å². The van der Waals surface area contributed by atoms with Gasteiger partial charge in [0.05, 0.1) is 6.10 Å². The topological polar surface area (TPSA) is 36.0 Å². The number of H-pyrrole nitrogens is 1. The van der Waals surface area contributed by atoms with E-state index in [1.807, 2.05) is 0 Å². The first kappa shape index (κ1) is 9.19. The first-order valence-corrected chi connectivity index (χ1v) is 3.68. The fraction of sp³-hybridized carbons (Fsp3) is 0.500. The van der Waals surface area contributed by atoms with E-state index >= 15 is 0 Å². The Hall–Kier alpha value is -0.900. The molecule has 1 atom stereocenters. The van der Waals surface area contributed by atoms with Crippen LogP contribution >= 0.6 is 0 Å². The van der Waals surface area contributed by atoms with Gasteiger partial charge in [0, 0.05) is 18.3 Å². The van der Waals surface area contributed by atoms with Crippen molar-refractivity contribution in [2.24, 2.45) is 0 Å². The summed E-state index contributed by atoms with van der Waals surface area (Å²) >= 11 is 0. The number of hydrogen-bond acceptors (Lipinski definition) is 1. The van der Waals surface area contributed by atoms with Crippen LogP contribution in [-0.4, -0.2) is 16.0 Å². The summed E-state index contributed by atoms with van der Waals surface area (Å²) in [5, 5.41) is 9.23. The summed E-state index contributed by atoms with van der Waals surface area (Å²) in [4.78, 5) is 2.68. The van der Waals surface area contributed by atoms with Crippen LogP contribution in [0.1, 0.15) is 25.1 Å². The largest absolute Gasteiger partial charge is 0.387 e. The van der Waals surface area contributed by atoms with Crippen LogP contribution in [0.2, 0.25) is 0 Å². The molecule has 0 aliphatic carbocycles. The Morgan fingerprint density at radius 1 is 1.67 bits per heavy atom. The van der Waals surface area contributed by atoms with Gasteiger partial charge in [0.2, 0.25) is 5.92 Å². The van der Waals surface area contributed by atoms with Gasteiger partial charge in [0.25, 0.3) is 0 Å². The molecule has 0 spiro atoms. The second-order valence-corrected chi connectivity index (χ2v) is 2.92. The number of aliphatic hydroxyl groups is 1. The number of aliphatic hydroxyl groups excluding tert-OH is 1. The summed E-state index contributed by atoms with van der Waals surface area (Å²) in [5.74, 6) is -2.83. The maximum Gasteiger partial charge on any atom is 0.248 e. The Balaban J connectivity index is 2.56. The van der Waals surface area contributed by atoms with E-state index < -0.39 is 18.4 Å². The molecule has 2 nitrogen and oxygen atoms in total. The van der Waals surface area contributed by atoms with Crippen LogP contribution in [0.15, 0.2) is 18.3 Å². The maximum absolute atomic E-state index is 12.4. The second kappa shape index (κ2) is 3.23. The Labute approximate surface area is 69.2 Å². The van der Waals surface area contributed by atoms with Crippen molar-refractivity contribution in [2.45, 2.75) is 25.4 Å². The highest BCUT2D eigenvalue weighted by molar-refractivity contribution is 5.07. The minimum atomic E-state index is -2.83. The monoisotopic (exact) mass is 175 g/mol. The molecule has 1 unspecified atom stereocenters. The predicted octanol–water partition coefficient (Wildman–Crippen LogP) is 2.09. The van der Waals surface area contributed by atoms with Gasteiger partial charge in [-0.05, 0) is 19.1 Å². The van der Waals surface area contributed by atoms with Crippen molar-refractivity contribution in [1.82, 2.24) is 4.98 Å². The zero-order valence-electron chi connectivity index (χ0n) is 6.72. The molecule has 0 saturated heterocycles. The molecule has 0 aliphatic heterocycles. The highest BCUT2D eigenvalue weighted by atomic mass is 19.3. The molecule has 4 heteroatoms. The predicted molar refractivity (Wildman–Crippen MR) is 41.0 cm³/mol. The lowest BCUT2D eigenvalue weighted by Gasteiger charge is -2.14. The lowest BCUT2D eigenvalue weighted by Crippen LogP contribution is -2.15. The Morgan fingerprint density at radius 2 is 2.33 bits per heavy atom. The van der Waals surface area contributed by atoms with E-state index in [1.54, 1.807) is 18.3 Å². The molecule has 68 valence electrons. The van der Waals surface area contributed by atoms with Gasteiger partial charge in [-0.3, -0.25) is 0 Å². The number of halogens is 2. The van der Waals surface area contributed by atoms with Crippen molar-refractivity contribution in [1.29, 1.82) is 0 Å². The van der Waals surface area contributed by atoms with Crippen LogP contribution in [-0.2, 0) is 0 Å². The first-order chi connectivity index (χ1) is 5.49. The van der Waals surface area contributed by atoms with Gasteiger partial charge in [-0.1, -0.05) is 0 Å². The SMILES string of the molecule is CC(F)(F)CC(O)c1ccc[nH]1. The van der Waals surface area contributed by atoms with E-state index in [9.17, 15) is 13.9 Å². The number of aromatic nitrogens is 1. The number of aromatic amines is 1. The van der Waals surface area contributed by atoms with E-state index in [1.165, 1.54) is 0 Å². The molecule has 2 N–H and O–H groups in total. The lowest BCUT2D eigenvalue weighted by atomic mass is 10.1. The molecule has 12 heavy (non-hydrogen) atoms. The fourth-order valence-corrected chi connectivity index (χ4v) is 1.00. The summed E-state index contributed by atoms with van der Waals surface area (Å²) in [6, 6.07) is 3.24. The number of rotatable bonds is 3. The average Bonchev–Trinajstić information content (AvgIpc) is 2.32. The van der Waals surface area contributed by atoms with Crippen molar-refractivity contribution in [3.8, 4) is 0 Å². The highest BCUT2D eigenvalue weighted by Gasteiger charge is 2.26. The van der Waals surface area contributed by atoms with E-state index in [4.69, 9.17) is 0 Å². The number of alkyl halides is 2. The molecule has 0 radical (unpaired) electrons. The summed E-state index contributed by atoms with van der Waals surface area (Å²) in [6.45, 7) is 0.791. The van der Waals surface area contributed by atoms with E-state index in [0.29, 0.717) is 5.69 Å². The molecule has 0 saturated carbocycles. The van der Waals surface area contributed by atoms with Crippen LogP contribution in [0.3, 0.4) is 0 Å². The van der Waals surface area contributed by atoms with Gasteiger partial charge < -0.3 is 10.1 Å². The van der Waals surface area contributed by atoms with Crippen molar-refractivity contribution < 1.29 is 13.9 Å². The second-order valence-electron chi connectivity index (χ2n) is 2.92. The van der Waals surface area contributed by atoms with E-state index in [-0.39, 0.29) is 0 Å². The number of nitrogens with one attached hydrogen (secondary N) is 1. The Bertz CT molecular complexity index is 228. The third-order valence-electron chi connectivity index (χ3n) is 1.53. The van der Waals surface area contributed by atoms with Crippen LogP contribution in [0.4, 0.5) is 8.78 Å². The molecule has 0 fully saturated rings. The first-order valence-electron chi connectivity index (χ1n) is 3.68. The standard InChI is InChI=1S/C8H11F2NO/c1-8(9,10)5-7(12)6-3-2-4-11-6/h2-4,7,11-12H,5H2,1H3. The van der Waals surface area contributed by atoms with Gasteiger partial charge in [-0.15, -0.1) is 0 Å². The highest BCUT2D eigenvalue weighted by Crippen LogP contribution is 2.26. The van der Waals surface area contributed by atoms with E-state index in [2.05, 4.69) is 4.98 Å². The van der Waals surface area contributed by atoms with Crippen LogP contribution in [0.25, 0.3) is 0 Å². The molecular formula is C8H11F2NO. The third kappa shape index (κ3) is 2.62. The molecule has 1 aromatic heterocycles. The zero-order valence-corrected chi connectivity index (χ0v) is 6.72. The number of hydrogen-bond donors (Lipinski definition) is 2.